The predicted octanol–water partition coefficient (Wildman–Crippen LogP) is 4.25. The lowest BCUT2D eigenvalue weighted by atomic mass is 10.0. The van der Waals surface area contributed by atoms with E-state index in [9.17, 15) is 4.79 Å². The van der Waals surface area contributed by atoms with Gasteiger partial charge in [-0.2, -0.15) is 0 Å². The van der Waals surface area contributed by atoms with E-state index in [4.69, 9.17) is 11.6 Å². The van der Waals surface area contributed by atoms with Crippen molar-refractivity contribution in [3.63, 3.8) is 0 Å². The average Bonchev–Trinajstić information content (AvgIpc) is 2.98. The van der Waals surface area contributed by atoms with Crippen LogP contribution in [-0.4, -0.2) is 17.4 Å². The monoisotopic (exact) mass is 299 g/mol. The highest BCUT2D eigenvalue weighted by Gasteiger charge is 2.30. The van der Waals surface area contributed by atoms with Crippen LogP contribution in [0.25, 0.3) is 0 Å². The number of hydrogen-bond donors (Lipinski definition) is 0. The molecule has 1 unspecified atom stereocenters. The highest BCUT2D eigenvalue weighted by Crippen LogP contribution is 2.35. The number of amides is 1. The number of benzene rings is 2. The molecule has 1 fully saturated rings. The highest BCUT2D eigenvalue weighted by atomic mass is 35.5. The van der Waals surface area contributed by atoms with Crippen molar-refractivity contribution in [3.8, 4) is 0 Å². The van der Waals surface area contributed by atoms with E-state index in [-0.39, 0.29) is 11.9 Å². The molecule has 21 heavy (non-hydrogen) atoms. The lowest BCUT2D eigenvalue weighted by molar-refractivity contribution is -0.131. The second kappa shape index (κ2) is 6.31. The Hall–Kier alpha value is -1.80. The Morgan fingerprint density at radius 3 is 2.57 bits per heavy atom. The summed E-state index contributed by atoms with van der Waals surface area (Å²) in [6.45, 7) is 0.821. The standard InChI is InChI=1S/C18H18ClNO/c19-16-10-5-4-9-15(16)17-11-6-12-20(17)18(21)13-14-7-2-1-3-8-14/h1-5,7-10,17H,6,11-13H2. The molecule has 1 aliphatic rings. The molecule has 3 rings (SSSR count). The first kappa shape index (κ1) is 14.2. The second-order valence-corrected chi connectivity index (χ2v) is 5.84. The number of carbonyl (C=O) groups excluding carboxylic acids is 1. The van der Waals surface area contributed by atoms with Gasteiger partial charge in [-0.1, -0.05) is 60.1 Å². The van der Waals surface area contributed by atoms with E-state index in [1.807, 2.05) is 59.5 Å². The van der Waals surface area contributed by atoms with E-state index in [2.05, 4.69) is 0 Å². The van der Waals surface area contributed by atoms with Crippen LogP contribution in [0.1, 0.15) is 30.0 Å². The molecule has 1 atom stereocenters. The molecule has 108 valence electrons. The van der Waals surface area contributed by atoms with E-state index >= 15 is 0 Å². The fourth-order valence-corrected chi connectivity index (χ4v) is 3.27. The first-order valence-corrected chi connectivity index (χ1v) is 7.71. The average molecular weight is 300 g/mol. The Morgan fingerprint density at radius 2 is 1.81 bits per heavy atom. The van der Waals surface area contributed by atoms with Gasteiger partial charge in [0.2, 0.25) is 5.91 Å². The van der Waals surface area contributed by atoms with Crippen LogP contribution in [0.4, 0.5) is 0 Å². The third-order valence-electron chi connectivity index (χ3n) is 4.04. The van der Waals surface area contributed by atoms with Crippen molar-refractivity contribution in [3.05, 3.63) is 70.7 Å². The largest absolute Gasteiger partial charge is 0.335 e. The van der Waals surface area contributed by atoms with E-state index in [0.29, 0.717) is 6.42 Å². The molecule has 3 heteroatoms. The van der Waals surface area contributed by atoms with Crippen molar-refractivity contribution in [2.75, 3.05) is 6.54 Å². The van der Waals surface area contributed by atoms with Crippen molar-refractivity contribution in [2.45, 2.75) is 25.3 Å². The number of halogens is 1. The Balaban J connectivity index is 1.78. The van der Waals surface area contributed by atoms with Crippen LogP contribution < -0.4 is 0 Å². The fourth-order valence-electron chi connectivity index (χ4n) is 3.01. The zero-order valence-electron chi connectivity index (χ0n) is 11.8. The Morgan fingerprint density at radius 1 is 1.10 bits per heavy atom. The minimum absolute atomic E-state index is 0.120. The lowest BCUT2D eigenvalue weighted by Gasteiger charge is -2.26. The van der Waals surface area contributed by atoms with Gasteiger partial charge in [0.05, 0.1) is 12.5 Å². The molecule has 2 nitrogen and oxygen atoms in total. The van der Waals surface area contributed by atoms with Gasteiger partial charge in [-0.3, -0.25) is 4.79 Å². The maximum Gasteiger partial charge on any atom is 0.227 e. The molecule has 0 aromatic heterocycles. The molecule has 1 heterocycles. The number of carbonyl (C=O) groups is 1. The zero-order valence-corrected chi connectivity index (χ0v) is 12.6. The molecule has 0 saturated carbocycles. The summed E-state index contributed by atoms with van der Waals surface area (Å²) in [6.07, 6.45) is 2.49. The fraction of sp³-hybridized carbons (Fsp3) is 0.278. The molecule has 0 aliphatic carbocycles. The summed E-state index contributed by atoms with van der Waals surface area (Å²) < 4.78 is 0. The van der Waals surface area contributed by atoms with E-state index < -0.39 is 0 Å². The van der Waals surface area contributed by atoms with E-state index in [1.54, 1.807) is 0 Å². The molecule has 1 amide bonds. The Labute approximate surface area is 130 Å². The SMILES string of the molecule is O=C(Cc1ccccc1)N1CCCC1c1ccccc1Cl. The van der Waals surface area contributed by atoms with Crippen LogP contribution >= 0.6 is 11.6 Å². The summed E-state index contributed by atoms with van der Waals surface area (Å²) >= 11 is 6.30. The smallest absolute Gasteiger partial charge is 0.227 e. The molecule has 0 radical (unpaired) electrons. The third kappa shape index (κ3) is 3.11. The van der Waals surface area contributed by atoms with Crippen LogP contribution in [-0.2, 0) is 11.2 Å². The number of hydrogen-bond acceptors (Lipinski definition) is 1. The number of likely N-dealkylation sites (tertiary alicyclic amines) is 1. The summed E-state index contributed by atoms with van der Waals surface area (Å²) in [4.78, 5) is 14.6. The van der Waals surface area contributed by atoms with Gasteiger partial charge in [0, 0.05) is 11.6 Å². The molecule has 2 aromatic rings. The van der Waals surface area contributed by atoms with Crippen LogP contribution in [0.15, 0.2) is 54.6 Å². The molecule has 1 aliphatic heterocycles. The predicted molar refractivity (Wildman–Crippen MR) is 85.3 cm³/mol. The van der Waals surface area contributed by atoms with Crippen molar-refractivity contribution in [1.29, 1.82) is 0 Å². The lowest BCUT2D eigenvalue weighted by Crippen LogP contribution is -2.31. The van der Waals surface area contributed by atoms with Gasteiger partial charge in [-0.05, 0) is 30.0 Å². The maximum atomic E-state index is 12.6. The van der Waals surface area contributed by atoms with Gasteiger partial charge in [0.25, 0.3) is 0 Å². The van der Waals surface area contributed by atoms with Gasteiger partial charge in [0.15, 0.2) is 0 Å². The van der Waals surface area contributed by atoms with Crippen LogP contribution in [0, 0.1) is 0 Å². The van der Waals surface area contributed by atoms with Crippen molar-refractivity contribution in [1.82, 2.24) is 4.90 Å². The zero-order chi connectivity index (χ0) is 14.7. The minimum atomic E-state index is 0.120. The van der Waals surface area contributed by atoms with Crippen molar-refractivity contribution >= 4 is 17.5 Å². The van der Waals surface area contributed by atoms with Gasteiger partial charge < -0.3 is 4.90 Å². The number of nitrogens with zero attached hydrogens (tertiary/aromatic N) is 1. The topological polar surface area (TPSA) is 20.3 Å². The summed E-state index contributed by atoms with van der Waals surface area (Å²) in [5, 5.41) is 0.752. The summed E-state index contributed by atoms with van der Waals surface area (Å²) in [5.41, 5.74) is 2.13. The molecule has 0 N–H and O–H groups in total. The van der Waals surface area contributed by atoms with Gasteiger partial charge >= 0.3 is 0 Å². The van der Waals surface area contributed by atoms with Crippen molar-refractivity contribution in [2.24, 2.45) is 0 Å². The summed E-state index contributed by atoms with van der Waals surface area (Å²) in [6, 6.07) is 17.9. The van der Waals surface area contributed by atoms with E-state index in [0.717, 1.165) is 35.5 Å². The van der Waals surface area contributed by atoms with Crippen LogP contribution in [0.3, 0.4) is 0 Å². The van der Waals surface area contributed by atoms with Crippen LogP contribution in [0.5, 0.6) is 0 Å². The molecule has 0 bridgehead atoms. The minimum Gasteiger partial charge on any atom is -0.335 e. The molecule has 0 spiro atoms. The first-order valence-electron chi connectivity index (χ1n) is 7.33. The van der Waals surface area contributed by atoms with Crippen LogP contribution in [0.2, 0.25) is 5.02 Å². The Bertz CT molecular complexity index is 626. The first-order chi connectivity index (χ1) is 10.3. The molecular formula is C18H18ClNO. The number of rotatable bonds is 3. The second-order valence-electron chi connectivity index (χ2n) is 5.43. The normalized spacial score (nSPS) is 18.0. The Kier molecular flexibility index (Phi) is 4.26. The quantitative estimate of drug-likeness (QED) is 0.830. The summed E-state index contributed by atoms with van der Waals surface area (Å²) in [7, 11) is 0. The molecule has 2 aromatic carbocycles. The van der Waals surface area contributed by atoms with Gasteiger partial charge in [0.1, 0.15) is 0 Å². The van der Waals surface area contributed by atoms with E-state index in [1.165, 1.54) is 0 Å². The third-order valence-corrected chi connectivity index (χ3v) is 4.38. The summed E-state index contributed by atoms with van der Waals surface area (Å²) in [5.74, 6) is 0.184. The van der Waals surface area contributed by atoms with Gasteiger partial charge in [-0.25, -0.2) is 0 Å². The molecular weight excluding hydrogens is 282 g/mol. The molecule has 1 saturated heterocycles. The van der Waals surface area contributed by atoms with Gasteiger partial charge in [-0.15, -0.1) is 0 Å². The van der Waals surface area contributed by atoms with Crippen molar-refractivity contribution < 1.29 is 4.79 Å². The maximum absolute atomic E-state index is 12.6. The highest BCUT2D eigenvalue weighted by molar-refractivity contribution is 6.31.